The third kappa shape index (κ3) is 5.64. The van der Waals surface area contributed by atoms with Gasteiger partial charge in [0.25, 0.3) is 0 Å². The van der Waals surface area contributed by atoms with Gasteiger partial charge >= 0.3 is 0 Å². The van der Waals surface area contributed by atoms with Gasteiger partial charge in [-0.05, 0) is 40.2 Å². The lowest BCUT2D eigenvalue weighted by molar-refractivity contribution is -0.120. The van der Waals surface area contributed by atoms with Crippen LogP contribution in [0.15, 0.2) is 40.3 Å². The molecule has 20 heavy (non-hydrogen) atoms. The van der Waals surface area contributed by atoms with Gasteiger partial charge in [-0.25, -0.2) is 0 Å². The first-order chi connectivity index (χ1) is 9.74. The zero-order valence-electron chi connectivity index (χ0n) is 10.8. The third-order valence-corrected chi connectivity index (χ3v) is 5.15. The summed E-state index contributed by atoms with van der Waals surface area (Å²) in [6, 6.07) is 9.90. The van der Waals surface area contributed by atoms with Crippen LogP contribution in [0.1, 0.15) is 17.0 Å². The molecule has 0 bridgehead atoms. The lowest BCUT2D eigenvalue weighted by atomic mass is 10.4. The average molecular weight is 371 g/mol. The van der Waals surface area contributed by atoms with Crippen LogP contribution in [0.4, 0.5) is 0 Å². The van der Waals surface area contributed by atoms with Gasteiger partial charge in [-0.1, -0.05) is 6.07 Å². The van der Waals surface area contributed by atoms with E-state index in [2.05, 4.69) is 26.2 Å². The van der Waals surface area contributed by atoms with Gasteiger partial charge in [-0.3, -0.25) is 9.78 Å². The number of nitrogens with one attached hydrogen (secondary N) is 1. The molecule has 0 aliphatic carbocycles. The zero-order valence-corrected chi connectivity index (χ0v) is 14.1. The van der Waals surface area contributed by atoms with E-state index in [9.17, 15) is 4.79 Å². The molecule has 2 rings (SSSR count). The maximum atomic E-state index is 11.7. The molecule has 6 heteroatoms. The van der Waals surface area contributed by atoms with Gasteiger partial charge in [-0.15, -0.1) is 11.3 Å². The molecular formula is C14H15BrN2OS2. The van der Waals surface area contributed by atoms with Crippen molar-refractivity contribution >= 4 is 44.9 Å². The summed E-state index contributed by atoms with van der Waals surface area (Å²) in [5.74, 6) is 1.77. The normalized spacial score (nSPS) is 10.4. The van der Waals surface area contributed by atoms with Gasteiger partial charge in [0.15, 0.2) is 0 Å². The molecule has 0 aromatic carbocycles. The quantitative estimate of drug-likeness (QED) is 0.752. The Balaban J connectivity index is 1.58. The Bertz CT molecular complexity index is 545. The first-order valence-corrected chi connectivity index (χ1v) is 8.99. The van der Waals surface area contributed by atoms with Crippen LogP contribution >= 0.6 is 39.0 Å². The smallest absolute Gasteiger partial charge is 0.221 e. The number of rotatable bonds is 7. The van der Waals surface area contributed by atoms with Crippen LogP contribution in [0.3, 0.4) is 0 Å². The Morgan fingerprint density at radius 2 is 2.25 bits per heavy atom. The van der Waals surface area contributed by atoms with E-state index in [0.29, 0.717) is 13.0 Å². The summed E-state index contributed by atoms with van der Waals surface area (Å²) in [6.45, 7) is 0.611. The summed E-state index contributed by atoms with van der Waals surface area (Å²) in [5, 5.41) is 2.93. The van der Waals surface area contributed by atoms with E-state index in [1.54, 1.807) is 29.3 Å². The molecule has 0 saturated heterocycles. The number of carbonyl (C=O) groups is 1. The van der Waals surface area contributed by atoms with E-state index < -0.39 is 0 Å². The van der Waals surface area contributed by atoms with Gasteiger partial charge in [0, 0.05) is 29.0 Å². The molecule has 2 heterocycles. The summed E-state index contributed by atoms with van der Waals surface area (Å²) in [4.78, 5) is 17.1. The van der Waals surface area contributed by atoms with Crippen molar-refractivity contribution in [2.75, 3.05) is 5.75 Å². The fraction of sp³-hybridized carbons (Fsp3) is 0.286. The van der Waals surface area contributed by atoms with Crippen LogP contribution in [0, 0.1) is 0 Å². The number of nitrogens with zero attached hydrogens (tertiary/aromatic N) is 1. The van der Waals surface area contributed by atoms with Crippen LogP contribution in [0.5, 0.6) is 0 Å². The minimum Gasteiger partial charge on any atom is -0.351 e. The van der Waals surface area contributed by atoms with Crippen molar-refractivity contribution in [3.8, 4) is 0 Å². The lowest BCUT2D eigenvalue weighted by Crippen LogP contribution is -2.22. The number of carbonyl (C=O) groups excluding carboxylic acids is 1. The van der Waals surface area contributed by atoms with Crippen LogP contribution in [0.25, 0.3) is 0 Å². The molecule has 1 N–H and O–H groups in total. The molecule has 106 valence electrons. The van der Waals surface area contributed by atoms with E-state index in [0.717, 1.165) is 25.9 Å². The van der Waals surface area contributed by atoms with Gasteiger partial charge in [0.05, 0.1) is 16.0 Å². The van der Waals surface area contributed by atoms with Crippen molar-refractivity contribution in [3.05, 3.63) is 50.9 Å². The number of amides is 1. The van der Waals surface area contributed by atoms with Crippen LogP contribution in [-0.4, -0.2) is 16.6 Å². The second-order valence-electron chi connectivity index (χ2n) is 4.11. The number of pyridine rings is 1. The van der Waals surface area contributed by atoms with Gasteiger partial charge in [-0.2, -0.15) is 11.8 Å². The monoisotopic (exact) mass is 370 g/mol. The highest BCUT2D eigenvalue weighted by Gasteiger charge is 2.03. The molecule has 0 fully saturated rings. The second-order valence-corrected chi connectivity index (χ2v) is 7.76. The Hall–Kier alpha value is -0.850. The lowest BCUT2D eigenvalue weighted by Gasteiger charge is -2.03. The first-order valence-electron chi connectivity index (χ1n) is 6.22. The zero-order chi connectivity index (χ0) is 14.2. The maximum Gasteiger partial charge on any atom is 0.221 e. The fourth-order valence-electron chi connectivity index (χ4n) is 1.55. The van der Waals surface area contributed by atoms with Gasteiger partial charge in [0.2, 0.25) is 5.91 Å². The molecule has 0 unspecified atom stereocenters. The minimum absolute atomic E-state index is 0.100. The highest BCUT2D eigenvalue weighted by molar-refractivity contribution is 9.11. The number of thiophene rings is 1. The molecule has 3 nitrogen and oxygen atoms in total. The predicted molar refractivity (Wildman–Crippen MR) is 88.9 cm³/mol. The number of aromatic nitrogens is 1. The molecule has 0 radical (unpaired) electrons. The summed E-state index contributed by atoms with van der Waals surface area (Å²) >= 11 is 6.79. The number of thioether (sulfide) groups is 1. The summed E-state index contributed by atoms with van der Waals surface area (Å²) < 4.78 is 1.09. The van der Waals surface area contributed by atoms with Crippen molar-refractivity contribution in [1.82, 2.24) is 10.3 Å². The first kappa shape index (κ1) is 15.5. The molecule has 2 aromatic heterocycles. The van der Waals surface area contributed by atoms with E-state index >= 15 is 0 Å². The van der Waals surface area contributed by atoms with Crippen LogP contribution in [0.2, 0.25) is 0 Å². The maximum absolute atomic E-state index is 11.7. The summed E-state index contributed by atoms with van der Waals surface area (Å²) in [7, 11) is 0. The molecule has 0 atom stereocenters. The third-order valence-electron chi connectivity index (χ3n) is 2.54. The van der Waals surface area contributed by atoms with Crippen molar-refractivity contribution in [1.29, 1.82) is 0 Å². The molecule has 0 aliphatic heterocycles. The van der Waals surface area contributed by atoms with Crippen molar-refractivity contribution in [2.24, 2.45) is 0 Å². The fourth-order valence-corrected chi connectivity index (χ4v) is 3.82. The van der Waals surface area contributed by atoms with E-state index in [1.165, 1.54) is 0 Å². The summed E-state index contributed by atoms with van der Waals surface area (Å²) in [5.41, 5.74) is 1.06. The average Bonchev–Trinajstić information content (AvgIpc) is 2.88. The molecule has 0 saturated carbocycles. The number of halogens is 1. The molecule has 1 amide bonds. The van der Waals surface area contributed by atoms with Crippen molar-refractivity contribution < 1.29 is 4.79 Å². The highest BCUT2D eigenvalue weighted by Crippen LogP contribution is 2.21. The summed E-state index contributed by atoms with van der Waals surface area (Å²) in [6.07, 6.45) is 2.34. The molecule has 0 spiro atoms. The van der Waals surface area contributed by atoms with E-state index in [-0.39, 0.29) is 5.91 Å². The van der Waals surface area contributed by atoms with Crippen LogP contribution < -0.4 is 5.32 Å². The SMILES string of the molecule is O=C(CCSCc1ccccn1)NCc1ccc(Br)s1. The van der Waals surface area contributed by atoms with E-state index in [4.69, 9.17) is 0 Å². The largest absolute Gasteiger partial charge is 0.351 e. The predicted octanol–water partition coefficient (Wildman–Crippen LogP) is 3.85. The Morgan fingerprint density at radius 3 is 2.95 bits per heavy atom. The Morgan fingerprint density at radius 1 is 1.35 bits per heavy atom. The van der Waals surface area contributed by atoms with Crippen molar-refractivity contribution in [3.63, 3.8) is 0 Å². The molecule has 2 aromatic rings. The Kier molecular flexibility index (Phi) is 6.56. The number of hydrogen-bond acceptors (Lipinski definition) is 4. The highest BCUT2D eigenvalue weighted by atomic mass is 79.9. The topological polar surface area (TPSA) is 42.0 Å². The standard InChI is InChI=1S/C14H15BrN2OS2/c15-13-5-4-12(20-13)9-17-14(18)6-8-19-10-11-3-1-2-7-16-11/h1-5,7H,6,8-10H2,(H,17,18). The van der Waals surface area contributed by atoms with Crippen molar-refractivity contribution in [2.45, 2.75) is 18.7 Å². The van der Waals surface area contributed by atoms with Gasteiger partial charge < -0.3 is 5.32 Å². The molecule has 0 aliphatic rings. The van der Waals surface area contributed by atoms with Crippen LogP contribution in [-0.2, 0) is 17.1 Å². The van der Waals surface area contributed by atoms with E-state index in [1.807, 2.05) is 30.3 Å². The van der Waals surface area contributed by atoms with Gasteiger partial charge in [0.1, 0.15) is 0 Å². The Labute approximate surface area is 135 Å². The second kappa shape index (κ2) is 8.44. The number of hydrogen-bond donors (Lipinski definition) is 1. The minimum atomic E-state index is 0.100. The molecular weight excluding hydrogens is 356 g/mol.